The second kappa shape index (κ2) is 8.22. The van der Waals surface area contributed by atoms with Crippen molar-refractivity contribution in [3.8, 4) is 5.75 Å². The molecule has 2 atom stereocenters. The summed E-state index contributed by atoms with van der Waals surface area (Å²) in [6.45, 7) is 3.73. The summed E-state index contributed by atoms with van der Waals surface area (Å²) in [4.78, 5) is 12.8. The number of rotatable bonds is 4. The van der Waals surface area contributed by atoms with Gasteiger partial charge in [-0.2, -0.15) is 18.3 Å². The van der Waals surface area contributed by atoms with E-state index in [2.05, 4.69) is 15.7 Å². The van der Waals surface area contributed by atoms with E-state index in [9.17, 15) is 18.0 Å². The van der Waals surface area contributed by atoms with Crippen LogP contribution in [0.4, 0.5) is 24.7 Å². The van der Waals surface area contributed by atoms with Gasteiger partial charge in [0.15, 0.2) is 11.7 Å². The number of aryl methyl sites for hydroxylation is 2. The van der Waals surface area contributed by atoms with Crippen molar-refractivity contribution in [2.45, 2.75) is 38.5 Å². The molecule has 9 heteroatoms. The molecule has 2 N–H and O–H groups in total. The van der Waals surface area contributed by atoms with E-state index < -0.39 is 24.2 Å². The van der Waals surface area contributed by atoms with Crippen LogP contribution in [0.3, 0.4) is 0 Å². The highest BCUT2D eigenvalue weighted by Crippen LogP contribution is 2.43. The Morgan fingerprint density at radius 3 is 2.53 bits per heavy atom. The normalized spacial score (nSPS) is 17.9. The molecule has 2 heterocycles. The molecule has 1 amide bonds. The standard InChI is InChI=1S/C23H23F3N4O2/c1-13-4-5-14(2)17(10-13)28-22(31)19-12-21-27-18(15-6-8-16(32-3)9-7-15)11-20(23(24,25)26)30(21)29-19/h4-10,12,18,20,27H,11H2,1-3H3,(H,28,31)/t18-,20-/m1/s1. The second-order valence-corrected chi connectivity index (χ2v) is 7.90. The minimum absolute atomic E-state index is 0.0852. The number of fused-ring (bicyclic) bond motifs is 1. The van der Waals surface area contributed by atoms with Gasteiger partial charge in [-0.1, -0.05) is 24.3 Å². The number of anilines is 2. The predicted octanol–water partition coefficient (Wildman–Crippen LogP) is 5.42. The summed E-state index contributed by atoms with van der Waals surface area (Å²) in [7, 11) is 1.52. The fourth-order valence-electron chi connectivity index (χ4n) is 3.80. The van der Waals surface area contributed by atoms with Crippen molar-refractivity contribution in [2.75, 3.05) is 17.7 Å². The lowest BCUT2D eigenvalue weighted by Gasteiger charge is -2.33. The minimum atomic E-state index is -4.52. The van der Waals surface area contributed by atoms with E-state index in [-0.39, 0.29) is 17.9 Å². The van der Waals surface area contributed by atoms with Crippen molar-refractivity contribution >= 4 is 17.4 Å². The molecule has 0 saturated heterocycles. The Balaban J connectivity index is 1.64. The highest BCUT2D eigenvalue weighted by molar-refractivity contribution is 6.03. The molecule has 1 aromatic heterocycles. The lowest BCUT2D eigenvalue weighted by Crippen LogP contribution is -2.35. The van der Waals surface area contributed by atoms with Gasteiger partial charge in [0.05, 0.1) is 13.2 Å². The van der Waals surface area contributed by atoms with Gasteiger partial charge < -0.3 is 15.4 Å². The lowest BCUT2D eigenvalue weighted by molar-refractivity contribution is -0.173. The van der Waals surface area contributed by atoms with Gasteiger partial charge in [0.25, 0.3) is 5.91 Å². The SMILES string of the molecule is COc1ccc([C@H]2C[C@H](C(F)(F)F)n3nc(C(=O)Nc4cc(C)ccc4C)cc3N2)cc1. The van der Waals surface area contributed by atoms with Crippen LogP contribution in [0.2, 0.25) is 0 Å². The van der Waals surface area contributed by atoms with Crippen LogP contribution >= 0.6 is 0 Å². The van der Waals surface area contributed by atoms with E-state index in [4.69, 9.17) is 4.74 Å². The third-order valence-electron chi connectivity index (χ3n) is 5.58. The summed E-state index contributed by atoms with van der Waals surface area (Å²) in [6, 6.07) is 11.4. The fourth-order valence-corrected chi connectivity index (χ4v) is 3.80. The van der Waals surface area contributed by atoms with Gasteiger partial charge in [0.2, 0.25) is 0 Å². The van der Waals surface area contributed by atoms with Crippen LogP contribution in [0.1, 0.15) is 45.7 Å². The first kappa shape index (κ1) is 21.7. The second-order valence-electron chi connectivity index (χ2n) is 7.90. The molecule has 1 aliphatic heterocycles. The van der Waals surface area contributed by atoms with E-state index in [1.165, 1.54) is 13.2 Å². The Hall–Kier alpha value is -3.49. The third-order valence-corrected chi connectivity index (χ3v) is 5.58. The number of amides is 1. The Morgan fingerprint density at radius 2 is 1.88 bits per heavy atom. The number of carbonyl (C=O) groups excluding carboxylic acids is 1. The highest BCUT2D eigenvalue weighted by Gasteiger charge is 2.46. The molecule has 168 valence electrons. The van der Waals surface area contributed by atoms with Crippen LogP contribution in [0.15, 0.2) is 48.5 Å². The number of nitrogens with zero attached hydrogens (tertiary/aromatic N) is 2. The molecule has 4 rings (SSSR count). The number of hydrogen-bond acceptors (Lipinski definition) is 4. The molecular formula is C23H23F3N4O2. The van der Waals surface area contributed by atoms with Crippen LogP contribution in [-0.4, -0.2) is 29.0 Å². The number of halogens is 3. The number of nitrogens with one attached hydrogen (secondary N) is 2. The van der Waals surface area contributed by atoms with Crippen molar-refractivity contribution in [3.63, 3.8) is 0 Å². The highest BCUT2D eigenvalue weighted by atomic mass is 19.4. The van der Waals surface area contributed by atoms with Gasteiger partial charge in [-0.15, -0.1) is 0 Å². The molecule has 32 heavy (non-hydrogen) atoms. The number of benzene rings is 2. The van der Waals surface area contributed by atoms with Gasteiger partial charge in [-0.05, 0) is 48.7 Å². The maximum absolute atomic E-state index is 13.9. The summed E-state index contributed by atoms with van der Waals surface area (Å²) in [5, 5.41) is 9.84. The molecule has 1 aliphatic rings. The summed E-state index contributed by atoms with van der Waals surface area (Å²) >= 11 is 0. The summed E-state index contributed by atoms with van der Waals surface area (Å²) in [5.41, 5.74) is 3.00. The van der Waals surface area contributed by atoms with E-state index in [1.807, 2.05) is 26.0 Å². The molecule has 0 aliphatic carbocycles. The fraction of sp³-hybridized carbons (Fsp3) is 0.304. The molecule has 6 nitrogen and oxygen atoms in total. The van der Waals surface area contributed by atoms with Crippen LogP contribution in [0, 0.1) is 13.8 Å². The first-order valence-electron chi connectivity index (χ1n) is 10.1. The summed E-state index contributed by atoms with van der Waals surface area (Å²) in [6.07, 6.45) is -4.77. The number of hydrogen-bond donors (Lipinski definition) is 2. The summed E-state index contributed by atoms with van der Waals surface area (Å²) in [5.74, 6) is 0.196. The lowest BCUT2D eigenvalue weighted by atomic mass is 9.97. The average molecular weight is 444 g/mol. The zero-order valence-electron chi connectivity index (χ0n) is 17.8. The van der Waals surface area contributed by atoms with E-state index in [1.54, 1.807) is 30.3 Å². The van der Waals surface area contributed by atoms with E-state index in [0.717, 1.165) is 15.8 Å². The maximum atomic E-state index is 13.9. The van der Waals surface area contributed by atoms with Gasteiger partial charge in [0.1, 0.15) is 11.6 Å². The predicted molar refractivity (Wildman–Crippen MR) is 115 cm³/mol. The van der Waals surface area contributed by atoms with Crippen molar-refractivity contribution in [3.05, 3.63) is 70.9 Å². The van der Waals surface area contributed by atoms with E-state index in [0.29, 0.717) is 17.0 Å². The van der Waals surface area contributed by atoms with Gasteiger partial charge in [-0.25, -0.2) is 4.68 Å². The molecular weight excluding hydrogens is 421 g/mol. The van der Waals surface area contributed by atoms with Crippen LogP contribution < -0.4 is 15.4 Å². The van der Waals surface area contributed by atoms with Crippen LogP contribution in [0.5, 0.6) is 5.75 Å². The first-order chi connectivity index (χ1) is 15.2. The zero-order valence-corrected chi connectivity index (χ0v) is 17.8. The smallest absolute Gasteiger partial charge is 0.410 e. The minimum Gasteiger partial charge on any atom is -0.497 e. The summed E-state index contributed by atoms with van der Waals surface area (Å²) < 4.78 is 47.6. The molecule has 0 radical (unpaired) electrons. The van der Waals surface area contributed by atoms with Gasteiger partial charge >= 0.3 is 6.18 Å². The van der Waals surface area contributed by atoms with Crippen LogP contribution in [0.25, 0.3) is 0 Å². The molecule has 0 unspecified atom stereocenters. The third kappa shape index (κ3) is 4.28. The average Bonchev–Trinajstić information content (AvgIpc) is 3.19. The van der Waals surface area contributed by atoms with Gasteiger partial charge in [0, 0.05) is 18.2 Å². The van der Waals surface area contributed by atoms with Crippen molar-refractivity contribution in [1.82, 2.24) is 9.78 Å². The Bertz CT molecular complexity index is 1140. The molecule has 0 spiro atoms. The number of methoxy groups -OCH3 is 1. The molecule has 0 saturated carbocycles. The Labute approximate surface area is 183 Å². The molecule has 0 bridgehead atoms. The maximum Gasteiger partial charge on any atom is 0.410 e. The number of ether oxygens (including phenoxy) is 1. The Kier molecular flexibility index (Phi) is 5.58. The molecule has 2 aromatic carbocycles. The number of aromatic nitrogens is 2. The number of alkyl halides is 3. The van der Waals surface area contributed by atoms with Gasteiger partial charge in [-0.3, -0.25) is 4.79 Å². The molecule has 0 fully saturated rings. The molecule has 3 aromatic rings. The number of carbonyl (C=O) groups is 1. The first-order valence-corrected chi connectivity index (χ1v) is 10.1. The Morgan fingerprint density at radius 1 is 1.16 bits per heavy atom. The van der Waals surface area contributed by atoms with Crippen molar-refractivity contribution in [2.24, 2.45) is 0 Å². The van der Waals surface area contributed by atoms with E-state index >= 15 is 0 Å². The van der Waals surface area contributed by atoms with Crippen molar-refractivity contribution in [1.29, 1.82) is 0 Å². The largest absolute Gasteiger partial charge is 0.497 e. The topological polar surface area (TPSA) is 68.2 Å². The zero-order chi connectivity index (χ0) is 23.0. The quantitative estimate of drug-likeness (QED) is 0.564. The monoisotopic (exact) mass is 444 g/mol. The van der Waals surface area contributed by atoms with Crippen molar-refractivity contribution < 1.29 is 22.7 Å². The van der Waals surface area contributed by atoms with Crippen LogP contribution in [-0.2, 0) is 0 Å².